The standard InChI is InChI=1S/C21H21F3N4O5S/c1-2-9-34(31,32)27-10-13(11-27)19-18-16(17(30)12-29)7-8-25-20(18)28(26-19)14-3-5-15(6-4-14)33-21(22,23)24/h2-9,13,17,29-30H,10-12H2,1H3/t17-/m1/s1. The summed E-state index contributed by atoms with van der Waals surface area (Å²) >= 11 is 0. The van der Waals surface area contributed by atoms with Gasteiger partial charge in [-0.1, -0.05) is 6.08 Å². The molecule has 1 fully saturated rings. The molecule has 1 aliphatic heterocycles. The summed E-state index contributed by atoms with van der Waals surface area (Å²) < 4.78 is 68.6. The highest BCUT2D eigenvalue weighted by atomic mass is 32.2. The van der Waals surface area contributed by atoms with E-state index in [-0.39, 0.29) is 19.0 Å². The van der Waals surface area contributed by atoms with Crippen molar-refractivity contribution in [1.29, 1.82) is 0 Å². The van der Waals surface area contributed by atoms with Crippen LogP contribution in [-0.4, -0.2) is 63.8 Å². The maximum atomic E-state index is 12.5. The number of nitrogens with zero attached hydrogens (tertiary/aromatic N) is 4. The smallest absolute Gasteiger partial charge is 0.406 e. The van der Waals surface area contributed by atoms with Crippen molar-refractivity contribution in [3.63, 3.8) is 0 Å². The van der Waals surface area contributed by atoms with Crippen molar-refractivity contribution >= 4 is 21.1 Å². The molecule has 3 aromatic rings. The Bertz CT molecular complexity index is 1320. The van der Waals surface area contributed by atoms with Gasteiger partial charge in [-0.15, -0.1) is 13.2 Å². The van der Waals surface area contributed by atoms with Crippen molar-refractivity contribution in [1.82, 2.24) is 19.1 Å². The SMILES string of the molecule is CC=CS(=O)(=O)N1CC(c2nn(-c3ccc(OC(F)(F)F)cc3)c3nccc([C@H](O)CO)c23)C1. The highest BCUT2D eigenvalue weighted by Crippen LogP contribution is 2.37. The summed E-state index contributed by atoms with van der Waals surface area (Å²) in [4.78, 5) is 4.33. The van der Waals surface area contributed by atoms with E-state index in [2.05, 4.69) is 14.8 Å². The third-order valence-corrected chi connectivity index (χ3v) is 7.01. The van der Waals surface area contributed by atoms with Crippen molar-refractivity contribution < 1.29 is 36.5 Å². The van der Waals surface area contributed by atoms with Crippen LogP contribution in [0.2, 0.25) is 0 Å². The summed E-state index contributed by atoms with van der Waals surface area (Å²) in [5, 5.41) is 26.0. The summed E-state index contributed by atoms with van der Waals surface area (Å²) in [6, 6.07) is 6.55. The Morgan fingerprint density at radius 2 is 1.91 bits per heavy atom. The zero-order chi connectivity index (χ0) is 24.7. The van der Waals surface area contributed by atoms with Gasteiger partial charge >= 0.3 is 6.36 Å². The summed E-state index contributed by atoms with van der Waals surface area (Å²) in [7, 11) is -3.56. The second-order valence-electron chi connectivity index (χ2n) is 7.66. The summed E-state index contributed by atoms with van der Waals surface area (Å²) in [5.41, 5.74) is 1.51. The van der Waals surface area contributed by atoms with Crippen LogP contribution in [0.5, 0.6) is 5.75 Å². The summed E-state index contributed by atoms with van der Waals surface area (Å²) in [5.74, 6) is -0.716. The number of aliphatic hydroxyl groups is 2. The number of sulfonamides is 1. The third-order valence-electron chi connectivity index (χ3n) is 5.38. The van der Waals surface area contributed by atoms with Gasteiger partial charge in [-0.25, -0.2) is 18.1 Å². The molecule has 0 unspecified atom stereocenters. The van der Waals surface area contributed by atoms with Crippen LogP contribution in [0.15, 0.2) is 48.0 Å². The third kappa shape index (κ3) is 4.64. The number of aromatic nitrogens is 3. The first-order valence-corrected chi connectivity index (χ1v) is 11.7. The van der Waals surface area contributed by atoms with Gasteiger partial charge in [0.2, 0.25) is 10.0 Å². The van der Waals surface area contributed by atoms with Crippen molar-refractivity contribution in [2.45, 2.75) is 25.3 Å². The zero-order valence-electron chi connectivity index (χ0n) is 17.8. The van der Waals surface area contributed by atoms with E-state index in [1.807, 2.05) is 0 Å². The Kier molecular flexibility index (Phi) is 6.38. The molecule has 4 rings (SSSR count). The van der Waals surface area contributed by atoms with Gasteiger partial charge in [-0.3, -0.25) is 0 Å². The van der Waals surface area contributed by atoms with Crippen LogP contribution in [0, 0.1) is 0 Å². The lowest BCUT2D eigenvalue weighted by atomic mass is 9.94. The molecular formula is C21H21F3N4O5S. The molecule has 13 heteroatoms. The van der Waals surface area contributed by atoms with Crippen molar-refractivity contribution in [2.75, 3.05) is 19.7 Å². The number of allylic oxidation sites excluding steroid dienone is 1. The predicted octanol–water partition coefficient (Wildman–Crippen LogP) is 2.61. The van der Waals surface area contributed by atoms with Crippen LogP contribution in [0.25, 0.3) is 16.7 Å². The highest BCUT2D eigenvalue weighted by molar-refractivity contribution is 7.92. The summed E-state index contributed by atoms with van der Waals surface area (Å²) in [6.07, 6.45) is -3.21. The van der Waals surface area contributed by atoms with Crippen molar-refractivity contribution in [2.24, 2.45) is 0 Å². The lowest BCUT2D eigenvalue weighted by molar-refractivity contribution is -0.274. The fourth-order valence-corrected chi connectivity index (χ4v) is 5.09. The van der Waals surface area contributed by atoms with Crippen LogP contribution in [-0.2, 0) is 10.0 Å². The monoisotopic (exact) mass is 498 g/mol. The largest absolute Gasteiger partial charge is 0.573 e. The van der Waals surface area contributed by atoms with E-state index in [9.17, 15) is 31.8 Å². The quantitative estimate of drug-likeness (QED) is 0.514. The molecule has 1 aromatic carbocycles. The number of hydrogen-bond acceptors (Lipinski definition) is 7. The van der Waals surface area contributed by atoms with E-state index < -0.39 is 34.8 Å². The minimum absolute atomic E-state index is 0.153. The first kappa shape index (κ1) is 24.1. The van der Waals surface area contributed by atoms with E-state index >= 15 is 0 Å². The summed E-state index contributed by atoms with van der Waals surface area (Å²) in [6.45, 7) is 1.35. The Balaban J connectivity index is 1.76. The molecule has 9 nitrogen and oxygen atoms in total. The average Bonchev–Trinajstić information content (AvgIpc) is 3.10. The van der Waals surface area contributed by atoms with Gasteiger partial charge in [0.1, 0.15) is 11.9 Å². The first-order valence-electron chi connectivity index (χ1n) is 10.2. The normalized spacial score (nSPS) is 16.8. The molecular weight excluding hydrogens is 477 g/mol. The number of benzene rings is 1. The van der Waals surface area contributed by atoms with Crippen LogP contribution in [0.3, 0.4) is 0 Å². The molecule has 0 aliphatic carbocycles. The Labute approximate surface area is 192 Å². The molecule has 0 amide bonds. The molecule has 34 heavy (non-hydrogen) atoms. The number of aliphatic hydroxyl groups excluding tert-OH is 2. The lowest BCUT2D eigenvalue weighted by Crippen LogP contribution is -2.47. The van der Waals surface area contributed by atoms with Gasteiger partial charge < -0.3 is 14.9 Å². The molecule has 0 bridgehead atoms. The molecule has 182 valence electrons. The van der Waals surface area contributed by atoms with Crippen molar-refractivity contribution in [3.8, 4) is 11.4 Å². The fourth-order valence-electron chi connectivity index (χ4n) is 3.80. The molecule has 3 heterocycles. The van der Waals surface area contributed by atoms with Crippen LogP contribution in [0.1, 0.15) is 30.2 Å². The molecule has 0 spiro atoms. The second-order valence-corrected chi connectivity index (χ2v) is 9.48. The zero-order valence-corrected chi connectivity index (χ0v) is 18.7. The van der Waals surface area contributed by atoms with Gasteiger partial charge in [-0.2, -0.15) is 9.40 Å². The minimum Gasteiger partial charge on any atom is -0.406 e. The molecule has 1 saturated heterocycles. The van der Waals surface area contributed by atoms with Gasteiger partial charge in [0.15, 0.2) is 5.65 Å². The van der Waals surface area contributed by atoms with Crippen LogP contribution in [0.4, 0.5) is 13.2 Å². The number of halogens is 3. The van der Waals surface area contributed by atoms with E-state index in [1.165, 1.54) is 39.5 Å². The van der Waals surface area contributed by atoms with E-state index in [0.29, 0.717) is 28.0 Å². The van der Waals surface area contributed by atoms with E-state index in [1.54, 1.807) is 6.92 Å². The number of alkyl halides is 3. The maximum Gasteiger partial charge on any atom is 0.573 e. The molecule has 2 N–H and O–H groups in total. The van der Waals surface area contributed by atoms with Gasteiger partial charge in [0.05, 0.1) is 18.0 Å². The predicted molar refractivity (Wildman–Crippen MR) is 116 cm³/mol. The first-order chi connectivity index (χ1) is 16.0. The topological polar surface area (TPSA) is 118 Å². The van der Waals surface area contributed by atoms with E-state index in [4.69, 9.17) is 0 Å². The molecule has 1 aliphatic rings. The number of pyridine rings is 1. The van der Waals surface area contributed by atoms with E-state index in [0.717, 1.165) is 17.5 Å². The van der Waals surface area contributed by atoms with Crippen LogP contribution < -0.4 is 4.74 Å². The molecule has 2 aromatic heterocycles. The Morgan fingerprint density at radius 3 is 2.50 bits per heavy atom. The molecule has 0 saturated carbocycles. The van der Waals surface area contributed by atoms with Gasteiger partial charge in [0.25, 0.3) is 0 Å². The Hall–Kier alpha value is -3.00. The van der Waals surface area contributed by atoms with Gasteiger partial charge in [-0.05, 0) is 42.8 Å². The number of ether oxygens (including phenoxy) is 1. The second kappa shape index (κ2) is 8.98. The fraction of sp³-hybridized carbons (Fsp3) is 0.333. The lowest BCUT2D eigenvalue weighted by Gasteiger charge is -2.36. The van der Waals surface area contributed by atoms with Crippen LogP contribution >= 0.6 is 0 Å². The van der Waals surface area contributed by atoms with Gasteiger partial charge in [0, 0.05) is 36.0 Å². The molecule has 1 atom stereocenters. The average molecular weight is 498 g/mol. The highest BCUT2D eigenvalue weighted by Gasteiger charge is 2.39. The number of hydrogen-bond donors (Lipinski definition) is 2. The number of fused-ring (bicyclic) bond motifs is 1. The number of rotatable bonds is 7. The van der Waals surface area contributed by atoms with Crippen molar-refractivity contribution in [3.05, 3.63) is 59.3 Å². The molecule has 0 radical (unpaired) electrons. The Morgan fingerprint density at radius 1 is 1.24 bits per heavy atom. The maximum absolute atomic E-state index is 12.5. The minimum atomic E-state index is -4.83.